The van der Waals surface area contributed by atoms with E-state index in [1.54, 1.807) is 0 Å². The van der Waals surface area contributed by atoms with Crippen LogP contribution < -0.4 is 5.73 Å². The molecule has 1 atom stereocenters. The summed E-state index contributed by atoms with van der Waals surface area (Å²) in [5.74, 6) is -0.0224. The van der Waals surface area contributed by atoms with Crippen molar-refractivity contribution in [3.8, 4) is 0 Å². The van der Waals surface area contributed by atoms with E-state index in [-0.39, 0.29) is 17.7 Å². The molecule has 3 fully saturated rings. The van der Waals surface area contributed by atoms with Crippen LogP contribution in [0.2, 0.25) is 0 Å². The third kappa shape index (κ3) is 6.64. The molecule has 3 heterocycles. The number of nitrogens with two attached hydrogens (primary N) is 1. The highest BCUT2D eigenvalue weighted by Gasteiger charge is 2.34. The van der Waals surface area contributed by atoms with Crippen molar-refractivity contribution < 1.29 is 14.7 Å². The van der Waals surface area contributed by atoms with Crippen LogP contribution in [0.4, 0.5) is 0 Å². The minimum Gasteiger partial charge on any atom is -0.388 e. The zero-order valence-corrected chi connectivity index (χ0v) is 18.0. The highest BCUT2D eigenvalue weighted by atomic mass is 16.3. The van der Waals surface area contributed by atoms with Crippen LogP contribution >= 0.6 is 0 Å². The summed E-state index contributed by atoms with van der Waals surface area (Å²) in [6.07, 6.45) is 4.40. The number of rotatable bonds is 6. The first kappa shape index (κ1) is 22.5. The Labute approximate surface area is 175 Å². The number of amides is 2. The van der Waals surface area contributed by atoms with Gasteiger partial charge in [-0.25, -0.2) is 0 Å². The number of piperidine rings is 1. The first-order chi connectivity index (χ1) is 13.8. The quantitative estimate of drug-likeness (QED) is 0.618. The van der Waals surface area contributed by atoms with Gasteiger partial charge in [0, 0.05) is 64.7 Å². The molecule has 29 heavy (non-hydrogen) atoms. The molecule has 8 heteroatoms. The van der Waals surface area contributed by atoms with Gasteiger partial charge in [-0.3, -0.25) is 14.5 Å². The molecule has 0 spiro atoms. The van der Waals surface area contributed by atoms with E-state index < -0.39 is 5.60 Å². The molecule has 0 aliphatic carbocycles. The predicted molar refractivity (Wildman–Crippen MR) is 112 cm³/mol. The molecule has 2 amide bonds. The van der Waals surface area contributed by atoms with Gasteiger partial charge < -0.3 is 25.5 Å². The van der Waals surface area contributed by atoms with Gasteiger partial charge in [-0.2, -0.15) is 0 Å². The Morgan fingerprint density at radius 2 is 1.66 bits per heavy atom. The second kappa shape index (κ2) is 10.2. The lowest BCUT2D eigenvalue weighted by Gasteiger charge is -2.38. The largest absolute Gasteiger partial charge is 0.388 e. The van der Waals surface area contributed by atoms with E-state index in [0.717, 1.165) is 84.6 Å². The average molecular weight is 410 g/mol. The molecule has 0 bridgehead atoms. The highest BCUT2D eigenvalue weighted by Crippen LogP contribution is 2.25. The normalized spacial score (nSPS) is 29.0. The summed E-state index contributed by atoms with van der Waals surface area (Å²) < 4.78 is 0. The van der Waals surface area contributed by atoms with Crippen LogP contribution in [0.15, 0.2) is 0 Å². The van der Waals surface area contributed by atoms with E-state index in [1.807, 2.05) is 4.90 Å². The molecule has 0 radical (unpaired) electrons. The van der Waals surface area contributed by atoms with Crippen LogP contribution in [0.1, 0.15) is 38.5 Å². The zero-order valence-electron chi connectivity index (χ0n) is 18.0. The number of hydrogen-bond donors (Lipinski definition) is 2. The van der Waals surface area contributed by atoms with Gasteiger partial charge in [0.25, 0.3) is 0 Å². The Morgan fingerprint density at radius 1 is 0.966 bits per heavy atom. The number of hydrogen-bond acceptors (Lipinski definition) is 6. The number of β-amino-alcohol motifs (C(OH)–C–C–N with tert-alkyl or cyclic N) is 1. The third-order valence-corrected chi connectivity index (χ3v) is 7.02. The van der Waals surface area contributed by atoms with Gasteiger partial charge in [0.2, 0.25) is 11.8 Å². The summed E-state index contributed by atoms with van der Waals surface area (Å²) in [7, 11) is 2.14. The van der Waals surface area contributed by atoms with Gasteiger partial charge in [0.15, 0.2) is 0 Å². The van der Waals surface area contributed by atoms with Crippen LogP contribution in [0.5, 0.6) is 0 Å². The maximum Gasteiger partial charge on any atom is 0.223 e. The van der Waals surface area contributed by atoms with Crippen molar-refractivity contribution in [1.29, 1.82) is 0 Å². The van der Waals surface area contributed by atoms with Crippen LogP contribution in [-0.2, 0) is 9.59 Å². The monoisotopic (exact) mass is 409 g/mol. The Hall–Kier alpha value is -1.22. The highest BCUT2D eigenvalue weighted by molar-refractivity contribution is 5.77. The first-order valence-corrected chi connectivity index (χ1v) is 11.3. The van der Waals surface area contributed by atoms with Gasteiger partial charge in [-0.1, -0.05) is 0 Å². The molecule has 3 rings (SSSR count). The third-order valence-electron chi connectivity index (χ3n) is 7.02. The number of carbonyl (C=O) groups is 2. The van der Waals surface area contributed by atoms with E-state index in [4.69, 9.17) is 5.73 Å². The maximum absolute atomic E-state index is 12.7. The number of aliphatic hydroxyl groups is 1. The number of primary amides is 1. The zero-order chi connectivity index (χ0) is 20.9. The first-order valence-electron chi connectivity index (χ1n) is 11.3. The fraction of sp³-hybridized carbons (Fsp3) is 0.905. The van der Waals surface area contributed by atoms with Crippen molar-refractivity contribution in [3.05, 3.63) is 0 Å². The van der Waals surface area contributed by atoms with Crippen molar-refractivity contribution in [3.63, 3.8) is 0 Å². The molecule has 0 aromatic carbocycles. The predicted octanol–water partition coefficient (Wildman–Crippen LogP) is -0.435. The maximum atomic E-state index is 12.7. The van der Waals surface area contributed by atoms with Gasteiger partial charge in [0.1, 0.15) is 0 Å². The van der Waals surface area contributed by atoms with E-state index in [9.17, 15) is 14.7 Å². The van der Waals surface area contributed by atoms with Gasteiger partial charge in [-0.05, 0) is 52.2 Å². The van der Waals surface area contributed by atoms with E-state index in [0.29, 0.717) is 19.4 Å². The molecule has 8 nitrogen and oxygen atoms in total. The summed E-state index contributed by atoms with van der Waals surface area (Å²) in [5, 5.41) is 11.1. The molecule has 3 aliphatic rings. The van der Waals surface area contributed by atoms with Crippen LogP contribution in [0.25, 0.3) is 0 Å². The smallest absolute Gasteiger partial charge is 0.223 e. The van der Waals surface area contributed by atoms with Crippen molar-refractivity contribution in [2.75, 3.05) is 72.5 Å². The van der Waals surface area contributed by atoms with Crippen molar-refractivity contribution >= 4 is 11.8 Å². The molecular weight excluding hydrogens is 370 g/mol. The number of carbonyl (C=O) groups excluding carboxylic acids is 2. The molecule has 166 valence electrons. The number of likely N-dealkylation sites (N-methyl/N-ethyl adjacent to an activating group) is 1. The lowest BCUT2D eigenvalue weighted by molar-refractivity contribution is -0.132. The Kier molecular flexibility index (Phi) is 7.90. The SMILES string of the molecule is CN1CCN(CC2(O)CCCN(C(=O)CCN3CCC(C(N)=O)CC3)CC2)CC1. The van der Waals surface area contributed by atoms with Crippen molar-refractivity contribution in [2.45, 2.75) is 44.1 Å². The number of nitrogens with zero attached hydrogens (tertiary/aromatic N) is 4. The Morgan fingerprint density at radius 3 is 2.31 bits per heavy atom. The van der Waals surface area contributed by atoms with Crippen LogP contribution in [0, 0.1) is 5.92 Å². The molecular formula is C21H39N5O3. The molecule has 0 aromatic heterocycles. The van der Waals surface area contributed by atoms with Crippen LogP contribution in [0.3, 0.4) is 0 Å². The topological polar surface area (TPSA) is 93.3 Å². The Balaban J connectivity index is 1.39. The fourth-order valence-corrected chi connectivity index (χ4v) is 4.86. The second-order valence-corrected chi connectivity index (χ2v) is 9.31. The molecule has 3 saturated heterocycles. The lowest BCUT2D eigenvalue weighted by Crippen LogP contribution is -2.51. The standard InChI is InChI=1S/C21H39N5O3/c1-23-13-15-25(16-14-23)17-21(29)6-2-8-26(12-7-21)19(27)5-11-24-9-3-18(4-10-24)20(22)28/h18,29H,2-17H2,1H3,(H2,22,28). The molecule has 0 aromatic rings. The summed E-state index contributed by atoms with van der Waals surface area (Å²) in [4.78, 5) is 32.9. The minimum absolute atomic E-state index is 0.00876. The lowest BCUT2D eigenvalue weighted by atomic mass is 9.94. The van der Waals surface area contributed by atoms with Gasteiger partial charge >= 0.3 is 0 Å². The summed E-state index contributed by atoms with van der Waals surface area (Å²) >= 11 is 0. The molecule has 0 saturated carbocycles. The minimum atomic E-state index is -0.679. The summed E-state index contributed by atoms with van der Waals surface area (Å²) in [5.41, 5.74) is 4.71. The Bertz CT molecular complexity index is 559. The van der Waals surface area contributed by atoms with Gasteiger partial charge in [-0.15, -0.1) is 0 Å². The molecule has 3 N–H and O–H groups in total. The average Bonchev–Trinajstić information content (AvgIpc) is 2.90. The van der Waals surface area contributed by atoms with Crippen molar-refractivity contribution in [2.24, 2.45) is 11.7 Å². The number of likely N-dealkylation sites (tertiary alicyclic amines) is 2. The second-order valence-electron chi connectivity index (χ2n) is 9.31. The van der Waals surface area contributed by atoms with E-state index in [2.05, 4.69) is 21.7 Å². The van der Waals surface area contributed by atoms with Crippen molar-refractivity contribution in [1.82, 2.24) is 19.6 Å². The number of piperazine rings is 1. The summed E-state index contributed by atoms with van der Waals surface area (Å²) in [6, 6.07) is 0. The fourth-order valence-electron chi connectivity index (χ4n) is 4.86. The molecule has 3 aliphatic heterocycles. The molecule has 1 unspecified atom stereocenters. The van der Waals surface area contributed by atoms with Crippen LogP contribution in [-0.4, -0.2) is 115 Å². The summed E-state index contributed by atoms with van der Waals surface area (Å²) in [6.45, 7) is 8.65. The van der Waals surface area contributed by atoms with Gasteiger partial charge in [0.05, 0.1) is 5.60 Å². The van der Waals surface area contributed by atoms with E-state index >= 15 is 0 Å². The van der Waals surface area contributed by atoms with E-state index in [1.165, 1.54) is 0 Å².